The third-order valence-electron chi connectivity index (χ3n) is 1.61. The van der Waals surface area contributed by atoms with Gasteiger partial charge >= 0.3 is 0 Å². The number of benzene rings is 1. The molecule has 0 fully saturated rings. The molecule has 2 heteroatoms. The van der Waals surface area contributed by atoms with Gasteiger partial charge in [0.25, 0.3) is 0 Å². The molecule has 2 nitrogen and oxygen atoms in total. The summed E-state index contributed by atoms with van der Waals surface area (Å²) in [5.41, 5.74) is 8.12. The first-order valence-electron chi connectivity index (χ1n) is 3.47. The van der Waals surface area contributed by atoms with Crippen LogP contribution in [-0.2, 0) is 6.54 Å². The van der Waals surface area contributed by atoms with E-state index < -0.39 is 0 Å². The summed E-state index contributed by atoms with van der Waals surface area (Å²) in [7, 11) is 0. The molecule has 0 bridgehead atoms. The Morgan fingerprint density at radius 1 is 1.55 bits per heavy atom. The lowest BCUT2D eigenvalue weighted by atomic mass is 10.1. The van der Waals surface area contributed by atoms with E-state index in [0.717, 1.165) is 11.1 Å². The molecule has 0 aromatic heterocycles. The number of hydrogen-bond acceptors (Lipinski definition) is 2. The van der Waals surface area contributed by atoms with Gasteiger partial charge in [-0.15, -0.1) is 0 Å². The molecule has 0 unspecified atom stereocenters. The Morgan fingerprint density at radius 3 is 2.82 bits per heavy atom. The van der Waals surface area contributed by atoms with Crippen LogP contribution in [-0.4, -0.2) is 0 Å². The minimum absolute atomic E-state index is 0.434. The zero-order valence-corrected chi connectivity index (χ0v) is 6.46. The van der Waals surface area contributed by atoms with E-state index in [0.29, 0.717) is 12.1 Å². The second-order valence-electron chi connectivity index (χ2n) is 2.48. The Bertz CT molecular complexity index is 297. The van der Waals surface area contributed by atoms with Crippen molar-refractivity contribution in [3.63, 3.8) is 0 Å². The van der Waals surface area contributed by atoms with Gasteiger partial charge in [-0.25, -0.2) is 0 Å². The summed E-state index contributed by atoms with van der Waals surface area (Å²) in [6.45, 7) is 2.39. The molecule has 0 aliphatic carbocycles. The van der Waals surface area contributed by atoms with Gasteiger partial charge < -0.3 is 5.73 Å². The van der Waals surface area contributed by atoms with Crippen LogP contribution < -0.4 is 5.73 Å². The van der Waals surface area contributed by atoms with Gasteiger partial charge in [-0.3, -0.25) is 0 Å². The Balaban J connectivity index is 3.19. The maximum absolute atomic E-state index is 8.67. The summed E-state index contributed by atoms with van der Waals surface area (Å²) in [6.07, 6.45) is 0. The second kappa shape index (κ2) is 3.18. The van der Waals surface area contributed by atoms with Crippen LogP contribution in [0.1, 0.15) is 16.7 Å². The van der Waals surface area contributed by atoms with Gasteiger partial charge in [-0.05, 0) is 24.1 Å². The molecule has 11 heavy (non-hydrogen) atoms. The van der Waals surface area contributed by atoms with Gasteiger partial charge in [-0.1, -0.05) is 12.1 Å². The van der Waals surface area contributed by atoms with E-state index in [1.807, 2.05) is 25.1 Å². The van der Waals surface area contributed by atoms with Crippen molar-refractivity contribution in [3.05, 3.63) is 34.9 Å². The number of nitriles is 1. The fourth-order valence-electron chi connectivity index (χ4n) is 0.972. The number of nitrogens with two attached hydrogens (primary N) is 1. The van der Waals surface area contributed by atoms with Gasteiger partial charge in [0.15, 0.2) is 0 Å². The van der Waals surface area contributed by atoms with Crippen molar-refractivity contribution < 1.29 is 0 Å². The first-order valence-corrected chi connectivity index (χ1v) is 3.47. The van der Waals surface area contributed by atoms with E-state index in [1.165, 1.54) is 0 Å². The van der Waals surface area contributed by atoms with Crippen molar-refractivity contribution in [1.82, 2.24) is 0 Å². The molecule has 1 aromatic carbocycles. The molecule has 0 atom stereocenters. The molecule has 0 spiro atoms. The fourth-order valence-corrected chi connectivity index (χ4v) is 0.972. The maximum atomic E-state index is 8.67. The van der Waals surface area contributed by atoms with E-state index >= 15 is 0 Å². The number of hydrogen-bond donors (Lipinski definition) is 1. The number of aryl methyl sites for hydroxylation is 1. The van der Waals surface area contributed by atoms with Crippen LogP contribution in [0, 0.1) is 18.3 Å². The molecule has 0 radical (unpaired) electrons. The van der Waals surface area contributed by atoms with Crippen molar-refractivity contribution in [3.8, 4) is 6.07 Å². The SMILES string of the molecule is Cc1ccc(CN)c(C#N)c1. The Hall–Kier alpha value is -1.33. The average molecular weight is 146 g/mol. The average Bonchev–Trinajstić information content (AvgIpc) is 2.04. The first-order chi connectivity index (χ1) is 5.27. The monoisotopic (exact) mass is 146 g/mol. The summed E-state index contributed by atoms with van der Waals surface area (Å²) in [4.78, 5) is 0. The Morgan fingerprint density at radius 2 is 2.27 bits per heavy atom. The molecule has 56 valence electrons. The fraction of sp³-hybridized carbons (Fsp3) is 0.222. The molecule has 0 saturated carbocycles. The largest absolute Gasteiger partial charge is 0.326 e. The standard InChI is InChI=1S/C9H10N2/c1-7-2-3-8(5-10)9(4-7)6-11/h2-4H,5,10H2,1H3. The van der Waals surface area contributed by atoms with Crippen molar-refractivity contribution in [2.24, 2.45) is 5.73 Å². The molecular formula is C9H10N2. The van der Waals surface area contributed by atoms with Crippen LogP contribution >= 0.6 is 0 Å². The number of rotatable bonds is 1. The van der Waals surface area contributed by atoms with Crippen LogP contribution in [0.15, 0.2) is 18.2 Å². The van der Waals surface area contributed by atoms with Gasteiger partial charge in [0.1, 0.15) is 0 Å². The van der Waals surface area contributed by atoms with Crippen LogP contribution in [0.4, 0.5) is 0 Å². The minimum Gasteiger partial charge on any atom is -0.326 e. The summed E-state index contributed by atoms with van der Waals surface area (Å²) >= 11 is 0. The van der Waals surface area contributed by atoms with E-state index in [-0.39, 0.29) is 0 Å². The smallest absolute Gasteiger partial charge is 0.0995 e. The van der Waals surface area contributed by atoms with Crippen molar-refractivity contribution in [2.45, 2.75) is 13.5 Å². The van der Waals surface area contributed by atoms with Crippen LogP contribution in [0.3, 0.4) is 0 Å². The Kier molecular flexibility index (Phi) is 2.25. The highest BCUT2D eigenvalue weighted by molar-refractivity contribution is 5.40. The van der Waals surface area contributed by atoms with Crippen LogP contribution in [0.25, 0.3) is 0 Å². The van der Waals surface area contributed by atoms with Gasteiger partial charge in [0, 0.05) is 6.54 Å². The lowest BCUT2D eigenvalue weighted by Gasteiger charge is -1.99. The highest BCUT2D eigenvalue weighted by Crippen LogP contribution is 2.09. The molecular weight excluding hydrogens is 136 g/mol. The van der Waals surface area contributed by atoms with Gasteiger partial charge in [0.2, 0.25) is 0 Å². The summed E-state index contributed by atoms with van der Waals surface area (Å²) < 4.78 is 0. The minimum atomic E-state index is 0.434. The lowest BCUT2D eigenvalue weighted by molar-refractivity contribution is 1.06. The quantitative estimate of drug-likeness (QED) is 0.649. The van der Waals surface area contributed by atoms with E-state index in [1.54, 1.807) is 0 Å². The zero-order chi connectivity index (χ0) is 8.27. The second-order valence-corrected chi connectivity index (χ2v) is 2.48. The van der Waals surface area contributed by atoms with Gasteiger partial charge in [-0.2, -0.15) is 5.26 Å². The lowest BCUT2D eigenvalue weighted by Crippen LogP contribution is -1.99. The zero-order valence-electron chi connectivity index (χ0n) is 6.46. The molecule has 1 aromatic rings. The predicted octanol–water partition coefficient (Wildman–Crippen LogP) is 1.33. The first kappa shape index (κ1) is 7.77. The number of nitrogens with zero attached hydrogens (tertiary/aromatic N) is 1. The van der Waals surface area contributed by atoms with E-state index in [9.17, 15) is 0 Å². The molecule has 0 heterocycles. The topological polar surface area (TPSA) is 49.8 Å². The van der Waals surface area contributed by atoms with Crippen molar-refractivity contribution in [1.29, 1.82) is 5.26 Å². The van der Waals surface area contributed by atoms with Gasteiger partial charge in [0.05, 0.1) is 11.6 Å². The molecule has 0 aliphatic rings. The third-order valence-corrected chi connectivity index (χ3v) is 1.61. The summed E-state index contributed by atoms with van der Waals surface area (Å²) in [5.74, 6) is 0. The highest BCUT2D eigenvalue weighted by atomic mass is 14.5. The predicted molar refractivity (Wildman–Crippen MR) is 43.8 cm³/mol. The summed E-state index contributed by atoms with van der Waals surface area (Å²) in [5, 5.41) is 8.67. The third kappa shape index (κ3) is 1.57. The van der Waals surface area contributed by atoms with E-state index in [4.69, 9.17) is 11.0 Å². The Labute approximate surface area is 66.3 Å². The molecule has 0 aliphatic heterocycles. The normalized spacial score (nSPS) is 9.18. The highest BCUT2D eigenvalue weighted by Gasteiger charge is 1.98. The molecule has 0 amide bonds. The molecule has 2 N–H and O–H groups in total. The van der Waals surface area contributed by atoms with Crippen LogP contribution in [0.2, 0.25) is 0 Å². The van der Waals surface area contributed by atoms with Crippen molar-refractivity contribution >= 4 is 0 Å². The summed E-state index contributed by atoms with van der Waals surface area (Å²) in [6, 6.07) is 7.81. The van der Waals surface area contributed by atoms with Crippen LogP contribution in [0.5, 0.6) is 0 Å². The van der Waals surface area contributed by atoms with Crippen molar-refractivity contribution in [2.75, 3.05) is 0 Å². The maximum Gasteiger partial charge on any atom is 0.0995 e. The molecule has 1 rings (SSSR count). The molecule has 0 saturated heterocycles. The van der Waals surface area contributed by atoms with E-state index in [2.05, 4.69) is 6.07 Å².